The molecule has 82 valence electrons. The highest BCUT2D eigenvalue weighted by Gasteiger charge is 2.11. The van der Waals surface area contributed by atoms with Gasteiger partial charge in [-0.1, -0.05) is 11.6 Å². The average Bonchev–Trinajstić information content (AvgIpc) is 2.06. The predicted molar refractivity (Wildman–Crippen MR) is 59.6 cm³/mol. The Morgan fingerprint density at radius 2 is 2.00 bits per heavy atom. The van der Waals surface area contributed by atoms with Gasteiger partial charge in [-0.25, -0.2) is 4.21 Å². The zero-order valence-corrected chi connectivity index (χ0v) is 9.67. The van der Waals surface area contributed by atoms with Gasteiger partial charge >= 0.3 is 0 Å². The summed E-state index contributed by atoms with van der Waals surface area (Å²) >= 11 is 0. The van der Waals surface area contributed by atoms with E-state index in [1.165, 1.54) is 24.6 Å². The molecule has 0 spiro atoms. The van der Waals surface area contributed by atoms with Crippen LogP contribution in [0.15, 0.2) is 22.6 Å². The lowest BCUT2D eigenvalue weighted by Crippen LogP contribution is -2.01. The van der Waals surface area contributed by atoms with Crippen LogP contribution in [0.4, 0.5) is 0 Å². The van der Waals surface area contributed by atoms with Crippen molar-refractivity contribution in [2.24, 2.45) is 4.36 Å². The van der Waals surface area contributed by atoms with Crippen LogP contribution in [0.5, 0.6) is 5.75 Å². The van der Waals surface area contributed by atoms with Gasteiger partial charge in [0.2, 0.25) is 0 Å². The molecule has 0 bridgehead atoms. The number of hydrogen-bond donors (Lipinski definition) is 1. The first-order valence-corrected chi connectivity index (χ1v) is 6.64. The van der Waals surface area contributed by atoms with E-state index in [2.05, 4.69) is 4.36 Å². The Bertz CT molecular complexity index is 505. The number of rotatable bonds is 1. The fourth-order valence-corrected chi connectivity index (χ4v) is 1.57. The number of phenols is 1. The quantitative estimate of drug-likeness (QED) is 0.791. The Hall–Kier alpha value is -1.36. The van der Waals surface area contributed by atoms with Gasteiger partial charge in [-0.2, -0.15) is 4.36 Å². The number of aromatic hydroxyl groups is 1. The topological polar surface area (TPSA) is 66.7 Å². The molecule has 15 heavy (non-hydrogen) atoms. The molecule has 1 rings (SSSR count). The highest BCUT2D eigenvalue weighted by atomic mass is 32.2. The van der Waals surface area contributed by atoms with Gasteiger partial charge in [0.25, 0.3) is 5.91 Å². The summed E-state index contributed by atoms with van der Waals surface area (Å²) in [4.78, 5) is 11.5. The van der Waals surface area contributed by atoms with E-state index in [0.717, 1.165) is 5.56 Å². The first-order chi connectivity index (χ1) is 6.79. The summed E-state index contributed by atoms with van der Waals surface area (Å²) in [6, 6.07) is 4.62. The molecule has 0 saturated carbocycles. The Morgan fingerprint density at radius 1 is 1.40 bits per heavy atom. The van der Waals surface area contributed by atoms with Crippen LogP contribution in [0.25, 0.3) is 0 Å². The second kappa shape index (κ2) is 4.02. The van der Waals surface area contributed by atoms with Crippen LogP contribution < -0.4 is 0 Å². The zero-order chi connectivity index (χ0) is 11.6. The number of phenolic OH excluding ortho intramolecular Hbond substituents is 1. The molecule has 5 heteroatoms. The second-order valence-electron chi connectivity index (χ2n) is 3.60. The van der Waals surface area contributed by atoms with Crippen LogP contribution in [0.2, 0.25) is 0 Å². The average molecular weight is 227 g/mol. The van der Waals surface area contributed by atoms with E-state index >= 15 is 0 Å². The highest BCUT2D eigenvalue weighted by molar-refractivity contribution is 7.92. The Morgan fingerprint density at radius 3 is 2.53 bits per heavy atom. The van der Waals surface area contributed by atoms with Crippen LogP contribution in [0.1, 0.15) is 15.9 Å². The van der Waals surface area contributed by atoms with Gasteiger partial charge in [0.15, 0.2) is 0 Å². The number of carbonyl (C=O) groups excluding carboxylic acids is 1. The monoisotopic (exact) mass is 227 g/mol. The summed E-state index contributed by atoms with van der Waals surface area (Å²) < 4.78 is 14.8. The predicted octanol–water partition coefficient (Wildman–Crippen LogP) is 1.57. The fourth-order valence-electron chi connectivity index (χ4n) is 1.07. The SMILES string of the molecule is Cc1ccc(O)c(C(=O)N=S(C)(C)=O)c1. The van der Waals surface area contributed by atoms with Crippen LogP contribution >= 0.6 is 0 Å². The molecule has 0 aliphatic heterocycles. The molecule has 0 fully saturated rings. The van der Waals surface area contributed by atoms with Crippen molar-refractivity contribution in [2.45, 2.75) is 6.92 Å². The summed E-state index contributed by atoms with van der Waals surface area (Å²) in [6.45, 7) is 1.80. The minimum atomic E-state index is -2.49. The lowest BCUT2D eigenvalue weighted by Gasteiger charge is -2.01. The molecule has 1 amide bonds. The van der Waals surface area contributed by atoms with E-state index in [1.54, 1.807) is 13.0 Å². The Balaban J connectivity index is 3.24. The molecule has 0 heterocycles. The summed E-state index contributed by atoms with van der Waals surface area (Å²) in [6.07, 6.45) is 2.75. The largest absolute Gasteiger partial charge is 0.507 e. The molecule has 0 aromatic heterocycles. The van der Waals surface area contributed by atoms with Crippen molar-refractivity contribution in [3.8, 4) is 5.75 Å². The molecule has 1 aromatic carbocycles. The molecule has 0 saturated heterocycles. The van der Waals surface area contributed by atoms with Crippen molar-refractivity contribution in [3.05, 3.63) is 29.3 Å². The molecule has 0 aliphatic rings. The molecular weight excluding hydrogens is 214 g/mol. The number of hydrogen-bond acceptors (Lipinski definition) is 3. The molecule has 0 atom stereocenters. The summed E-state index contributed by atoms with van der Waals surface area (Å²) in [5.74, 6) is -0.788. The van der Waals surface area contributed by atoms with Crippen LogP contribution in [-0.2, 0) is 9.73 Å². The fraction of sp³-hybridized carbons (Fsp3) is 0.300. The Labute approximate surface area is 89.1 Å². The van der Waals surface area contributed by atoms with Crippen LogP contribution in [-0.4, -0.2) is 27.7 Å². The van der Waals surface area contributed by atoms with Gasteiger partial charge in [0.05, 0.1) is 5.56 Å². The van der Waals surface area contributed by atoms with E-state index in [4.69, 9.17) is 0 Å². The molecule has 1 aromatic rings. The number of benzene rings is 1. The van der Waals surface area contributed by atoms with Gasteiger partial charge in [-0.05, 0) is 19.1 Å². The van der Waals surface area contributed by atoms with Crippen molar-refractivity contribution in [1.29, 1.82) is 0 Å². The summed E-state index contributed by atoms with van der Waals surface area (Å²) in [5, 5.41) is 9.43. The normalized spacial score (nSPS) is 11.1. The number of amides is 1. The zero-order valence-electron chi connectivity index (χ0n) is 8.85. The number of carbonyl (C=O) groups is 1. The standard InChI is InChI=1S/C10H13NO3S/c1-7-4-5-9(12)8(6-7)10(13)11-15(2,3)14/h4-6,12H,1-3H3. The van der Waals surface area contributed by atoms with Gasteiger partial charge in [-0.3, -0.25) is 4.79 Å². The van der Waals surface area contributed by atoms with E-state index in [9.17, 15) is 14.1 Å². The van der Waals surface area contributed by atoms with Crippen molar-refractivity contribution in [1.82, 2.24) is 0 Å². The third-order valence-corrected chi connectivity index (χ3v) is 2.29. The number of aryl methyl sites for hydroxylation is 1. The van der Waals surface area contributed by atoms with E-state index in [1.807, 2.05) is 0 Å². The minimum absolute atomic E-state index is 0.0893. The van der Waals surface area contributed by atoms with Crippen molar-refractivity contribution < 1.29 is 14.1 Å². The third kappa shape index (κ3) is 3.36. The lowest BCUT2D eigenvalue weighted by atomic mass is 10.1. The number of nitrogens with zero attached hydrogens (tertiary/aromatic N) is 1. The first kappa shape index (κ1) is 11.7. The van der Waals surface area contributed by atoms with Crippen LogP contribution in [0, 0.1) is 6.92 Å². The molecule has 0 radical (unpaired) electrons. The summed E-state index contributed by atoms with van der Waals surface area (Å²) in [5.41, 5.74) is 0.927. The maximum atomic E-state index is 11.5. The Kier molecular flexibility index (Phi) is 3.14. The molecule has 0 aliphatic carbocycles. The summed E-state index contributed by atoms with van der Waals surface area (Å²) in [7, 11) is -2.49. The van der Waals surface area contributed by atoms with Crippen molar-refractivity contribution >= 4 is 15.6 Å². The van der Waals surface area contributed by atoms with Crippen molar-refractivity contribution in [3.63, 3.8) is 0 Å². The molecule has 1 N–H and O–H groups in total. The first-order valence-electron chi connectivity index (χ1n) is 4.31. The maximum absolute atomic E-state index is 11.5. The molecular formula is C10H13NO3S. The van der Waals surface area contributed by atoms with E-state index in [0.29, 0.717) is 0 Å². The van der Waals surface area contributed by atoms with Gasteiger partial charge in [0.1, 0.15) is 5.75 Å². The molecule has 4 nitrogen and oxygen atoms in total. The highest BCUT2D eigenvalue weighted by Crippen LogP contribution is 2.19. The van der Waals surface area contributed by atoms with Crippen LogP contribution in [0.3, 0.4) is 0 Å². The van der Waals surface area contributed by atoms with Crippen molar-refractivity contribution in [2.75, 3.05) is 12.5 Å². The van der Waals surface area contributed by atoms with E-state index in [-0.39, 0.29) is 11.3 Å². The van der Waals surface area contributed by atoms with Gasteiger partial charge in [0, 0.05) is 22.2 Å². The third-order valence-electron chi connectivity index (χ3n) is 1.69. The van der Waals surface area contributed by atoms with Gasteiger partial charge < -0.3 is 5.11 Å². The minimum Gasteiger partial charge on any atom is -0.507 e. The smallest absolute Gasteiger partial charge is 0.288 e. The maximum Gasteiger partial charge on any atom is 0.288 e. The second-order valence-corrected chi connectivity index (χ2v) is 6.14. The lowest BCUT2D eigenvalue weighted by molar-refractivity contribution is 0.100. The van der Waals surface area contributed by atoms with E-state index < -0.39 is 15.6 Å². The van der Waals surface area contributed by atoms with Gasteiger partial charge in [-0.15, -0.1) is 0 Å². The molecule has 0 unspecified atom stereocenters.